The Bertz CT molecular complexity index is 403. The van der Waals surface area contributed by atoms with E-state index in [4.69, 9.17) is 0 Å². The van der Waals surface area contributed by atoms with Gasteiger partial charge in [0, 0.05) is 22.2 Å². The van der Waals surface area contributed by atoms with Gasteiger partial charge in [-0.15, -0.1) is 24.0 Å². The van der Waals surface area contributed by atoms with Crippen molar-refractivity contribution in [3.05, 3.63) is 28.1 Å². The average Bonchev–Trinajstić information content (AvgIpc) is 2.58. The van der Waals surface area contributed by atoms with Crippen molar-refractivity contribution in [1.29, 1.82) is 0 Å². The molecule has 0 aromatic carbocycles. The molecule has 0 radical (unpaired) electrons. The summed E-state index contributed by atoms with van der Waals surface area (Å²) in [6.07, 6.45) is 1.56. The number of hydrogen-bond donors (Lipinski definition) is 1. The van der Waals surface area contributed by atoms with Crippen molar-refractivity contribution >= 4 is 29.8 Å². The van der Waals surface area contributed by atoms with E-state index in [1.807, 2.05) is 16.3 Å². The van der Waals surface area contributed by atoms with Crippen LogP contribution in [-0.2, 0) is 0 Å². The van der Waals surface area contributed by atoms with Crippen molar-refractivity contribution in [2.75, 3.05) is 0 Å². The normalized spacial score (nSPS) is 21.3. The minimum absolute atomic E-state index is 0.0421. The van der Waals surface area contributed by atoms with E-state index < -0.39 is 0 Å². The summed E-state index contributed by atoms with van der Waals surface area (Å²) in [6.45, 7) is 6.16. The lowest BCUT2D eigenvalue weighted by Gasteiger charge is -2.41. The lowest BCUT2D eigenvalue weighted by molar-refractivity contribution is 0.190. The van der Waals surface area contributed by atoms with Crippen LogP contribution in [-0.4, -0.2) is 10.4 Å². The molecule has 0 spiro atoms. The van der Waals surface area contributed by atoms with Crippen molar-refractivity contribution in [3.8, 4) is 0 Å². The van der Waals surface area contributed by atoms with Crippen LogP contribution in [0.2, 0.25) is 0 Å². The third-order valence-corrected chi connectivity index (χ3v) is 4.13. The largest absolute Gasteiger partial charge is 0.354 e. The number of thiol groups is 1. The van der Waals surface area contributed by atoms with E-state index in [1.165, 1.54) is 0 Å². The minimum Gasteiger partial charge on any atom is -0.354 e. The SMILES string of the molecule is CC(C)(C)N1C=C(F)c2ccsc2C1S. The molecule has 82 valence electrons. The van der Waals surface area contributed by atoms with Gasteiger partial charge in [0.2, 0.25) is 0 Å². The summed E-state index contributed by atoms with van der Waals surface area (Å²) in [6, 6.07) is 1.81. The van der Waals surface area contributed by atoms with Crippen LogP contribution in [0.4, 0.5) is 4.39 Å². The van der Waals surface area contributed by atoms with Gasteiger partial charge in [-0.1, -0.05) is 0 Å². The van der Waals surface area contributed by atoms with Crippen molar-refractivity contribution in [1.82, 2.24) is 4.90 Å². The number of thiophene rings is 1. The van der Waals surface area contributed by atoms with Crippen LogP contribution in [0.25, 0.3) is 5.83 Å². The predicted molar refractivity (Wildman–Crippen MR) is 66.7 cm³/mol. The van der Waals surface area contributed by atoms with E-state index in [9.17, 15) is 4.39 Å². The van der Waals surface area contributed by atoms with Crippen molar-refractivity contribution in [2.24, 2.45) is 0 Å². The molecule has 0 amide bonds. The summed E-state index contributed by atoms with van der Waals surface area (Å²) in [4.78, 5) is 2.94. The Kier molecular flexibility index (Phi) is 2.59. The van der Waals surface area contributed by atoms with E-state index in [-0.39, 0.29) is 16.7 Å². The summed E-state index contributed by atoms with van der Waals surface area (Å²) in [5.74, 6) is -0.161. The molecule has 4 heteroatoms. The summed E-state index contributed by atoms with van der Waals surface area (Å²) in [5.41, 5.74) is 0.575. The van der Waals surface area contributed by atoms with Gasteiger partial charge in [0.15, 0.2) is 0 Å². The molecule has 0 bridgehead atoms. The third kappa shape index (κ3) is 1.81. The van der Waals surface area contributed by atoms with Crippen molar-refractivity contribution in [2.45, 2.75) is 31.7 Å². The Balaban J connectivity index is 2.47. The molecular formula is C11H14FNS2. The second kappa shape index (κ2) is 3.52. The van der Waals surface area contributed by atoms with Crippen LogP contribution in [0, 0.1) is 0 Å². The molecule has 0 saturated carbocycles. The van der Waals surface area contributed by atoms with Crippen LogP contribution >= 0.6 is 24.0 Å². The van der Waals surface area contributed by atoms with Gasteiger partial charge in [-0.25, -0.2) is 4.39 Å². The van der Waals surface area contributed by atoms with E-state index in [0.717, 1.165) is 4.88 Å². The lowest BCUT2D eigenvalue weighted by Crippen LogP contribution is -2.39. The Morgan fingerprint density at radius 3 is 2.73 bits per heavy atom. The molecule has 1 aromatic heterocycles. The molecule has 0 aliphatic carbocycles. The summed E-state index contributed by atoms with van der Waals surface area (Å²) >= 11 is 6.12. The van der Waals surface area contributed by atoms with Gasteiger partial charge in [-0.3, -0.25) is 0 Å². The van der Waals surface area contributed by atoms with E-state index in [1.54, 1.807) is 17.5 Å². The number of fused-ring (bicyclic) bond motifs is 1. The Morgan fingerprint density at radius 1 is 1.47 bits per heavy atom. The fourth-order valence-corrected chi connectivity index (χ4v) is 3.28. The minimum atomic E-state index is -0.161. The zero-order chi connectivity index (χ0) is 11.2. The molecule has 1 atom stereocenters. The van der Waals surface area contributed by atoms with Gasteiger partial charge < -0.3 is 4.90 Å². The molecule has 1 aromatic rings. The Hall–Kier alpha value is -0.480. The monoisotopic (exact) mass is 243 g/mol. The molecule has 1 unspecified atom stereocenters. The van der Waals surface area contributed by atoms with E-state index in [2.05, 4.69) is 33.4 Å². The molecule has 0 fully saturated rings. The first-order valence-electron chi connectivity index (χ1n) is 4.83. The summed E-state index contributed by atoms with van der Waals surface area (Å²) in [5, 5.41) is 1.87. The lowest BCUT2D eigenvalue weighted by atomic mass is 10.0. The van der Waals surface area contributed by atoms with E-state index in [0.29, 0.717) is 5.56 Å². The van der Waals surface area contributed by atoms with Crippen LogP contribution in [0.1, 0.15) is 36.6 Å². The maximum Gasteiger partial charge on any atom is 0.147 e. The first kappa shape index (κ1) is 11.0. The van der Waals surface area contributed by atoms with E-state index >= 15 is 0 Å². The molecule has 2 heterocycles. The fourth-order valence-electron chi connectivity index (χ4n) is 1.67. The molecule has 2 rings (SSSR count). The van der Waals surface area contributed by atoms with Crippen molar-refractivity contribution < 1.29 is 4.39 Å². The third-order valence-electron chi connectivity index (χ3n) is 2.48. The Morgan fingerprint density at radius 2 is 2.13 bits per heavy atom. The molecule has 1 aliphatic heterocycles. The van der Waals surface area contributed by atoms with Gasteiger partial charge in [0.25, 0.3) is 0 Å². The number of hydrogen-bond acceptors (Lipinski definition) is 3. The number of halogens is 1. The predicted octanol–water partition coefficient (Wildman–Crippen LogP) is 4.06. The van der Waals surface area contributed by atoms with Gasteiger partial charge in [-0.05, 0) is 32.2 Å². The molecule has 15 heavy (non-hydrogen) atoms. The molecule has 0 saturated heterocycles. The highest BCUT2D eigenvalue weighted by Crippen LogP contribution is 2.43. The number of nitrogens with zero attached hydrogens (tertiary/aromatic N) is 1. The average molecular weight is 243 g/mol. The maximum atomic E-state index is 13.8. The first-order valence-corrected chi connectivity index (χ1v) is 6.22. The van der Waals surface area contributed by atoms with Crippen LogP contribution in [0.5, 0.6) is 0 Å². The molecule has 1 aliphatic rings. The highest BCUT2D eigenvalue weighted by atomic mass is 32.1. The standard InChI is InChI=1S/C11H14FNS2/c1-11(2,3)13-6-8(12)7-4-5-15-9(7)10(13)14/h4-6,10,14H,1-3H3. The topological polar surface area (TPSA) is 3.24 Å². The summed E-state index contributed by atoms with van der Waals surface area (Å²) < 4.78 is 13.8. The van der Waals surface area contributed by atoms with Crippen molar-refractivity contribution in [3.63, 3.8) is 0 Å². The highest BCUT2D eigenvalue weighted by molar-refractivity contribution is 7.80. The zero-order valence-electron chi connectivity index (χ0n) is 8.99. The van der Waals surface area contributed by atoms with Gasteiger partial charge >= 0.3 is 0 Å². The molecular weight excluding hydrogens is 229 g/mol. The molecule has 1 nitrogen and oxygen atoms in total. The molecule has 0 N–H and O–H groups in total. The first-order chi connectivity index (χ1) is 6.91. The van der Waals surface area contributed by atoms with Crippen LogP contribution < -0.4 is 0 Å². The zero-order valence-corrected chi connectivity index (χ0v) is 10.7. The number of rotatable bonds is 0. The maximum absolute atomic E-state index is 13.8. The quantitative estimate of drug-likeness (QED) is 0.673. The second-order valence-corrected chi connectivity index (χ2v) is 6.06. The smallest absolute Gasteiger partial charge is 0.147 e. The van der Waals surface area contributed by atoms with Gasteiger partial charge in [0.1, 0.15) is 11.2 Å². The highest BCUT2D eigenvalue weighted by Gasteiger charge is 2.32. The second-order valence-electron chi connectivity index (χ2n) is 4.63. The Labute approximate surface area is 99.0 Å². The van der Waals surface area contributed by atoms with Crippen LogP contribution in [0.3, 0.4) is 0 Å². The summed E-state index contributed by atoms with van der Waals surface area (Å²) in [7, 11) is 0. The van der Waals surface area contributed by atoms with Gasteiger partial charge in [0.05, 0.1) is 0 Å². The van der Waals surface area contributed by atoms with Gasteiger partial charge in [-0.2, -0.15) is 0 Å². The fraction of sp³-hybridized carbons (Fsp3) is 0.455. The van der Waals surface area contributed by atoms with Crippen LogP contribution in [0.15, 0.2) is 17.6 Å².